The number of imidazole rings is 1. The van der Waals surface area contributed by atoms with Gasteiger partial charge in [0, 0.05) is 50.6 Å². The molecule has 2 aromatic rings. The Balaban J connectivity index is 1.58. The van der Waals surface area contributed by atoms with Crippen LogP contribution in [0.25, 0.3) is 0 Å². The van der Waals surface area contributed by atoms with Crippen LogP contribution in [0.15, 0.2) is 40.1 Å². The predicted molar refractivity (Wildman–Crippen MR) is 103 cm³/mol. The lowest BCUT2D eigenvalue weighted by Gasteiger charge is -2.25. The summed E-state index contributed by atoms with van der Waals surface area (Å²) < 4.78 is 55.3. The summed E-state index contributed by atoms with van der Waals surface area (Å²) in [6.07, 6.45) is -0.998. The number of benzene rings is 1. The van der Waals surface area contributed by atoms with E-state index in [4.69, 9.17) is 11.6 Å². The molecule has 2 aliphatic heterocycles. The van der Waals surface area contributed by atoms with E-state index in [1.54, 1.807) is 12.4 Å². The maximum absolute atomic E-state index is 13.4. The molecule has 0 N–H and O–H groups in total. The van der Waals surface area contributed by atoms with Crippen LogP contribution in [0.3, 0.4) is 0 Å². The quantitative estimate of drug-likeness (QED) is 0.685. The van der Waals surface area contributed by atoms with Crippen molar-refractivity contribution >= 4 is 23.6 Å². The largest absolute Gasteiger partial charge is 0.416 e. The molecule has 5 nitrogen and oxygen atoms in total. The molecule has 0 aliphatic carbocycles. The van der Waals surface area contributed by atoms with Crippen molar-refractivity contribution in [3.05, 3.63) is 63.6 Å². The van der Waals surface area contributed by atoms with Crippen molar-refractivity contribution in [1.29, 1.82) is 0 Å². The Morgan fingerprint density at radius 1 is 1.17 bits per heavy atom. The fourth-order valence-electron chi connectivity index (χ4n) is 3.74. The molecule has 0 amide bonds. The molecule has 0 spiro atoms. The van der Waals surface area contributed by atoms with Gasteiger partial charge in [-0.3, -0.25) is 9.79 Å². The van der Waals surface area contributed by atoms with E-state index in [1.165, 1.54) is 0 Å². The molecular formula is C20H17ClF4N4O. The van der Waals surface area contributed by atoms with Gasteiger partial charge >= 0.3 is 6.18 Å². The summed E-state index contributed by atoms with van der Waals surface area (Å²) in [5.41, 5.74) is 0.168. The van der Waals surface area contributed by atoms with Gasteiger partial charge in [0.25, 0.3) is 0 Å². The van der Waals surface area contributed by atoms with Crippen LogP contribution in [0.4, 0.5) is 17.6 Å². The standard InChI is InChI=1S/C20H17ClF4N4O/c21-19-16(10-26-11-17(19)30)28-4-3-18-27-9-14(29(18)6-5-28)7-12-1-2-13(22)8-15(12)20(23,24)25/h1-2,8-10H,3-7,11H2. The fourth-order valence-corrected chi connectivity index (χ4v) is 3.97. The second-order valence-corrected chi connectivity index (χ2v) is 7.50. The van der Waals surface area contributed by atoms with Crippen LogP contribution in [0.5, 0.6) is 0 Å². The Kier molecular flexibility index (Phi) is 5.40. The first-order chi connectivity index (χ1) is 14.2. The summed E-state index contributed by atoms with van der Waals surface area (Å²) in [4.78, 5) is 22.2. The number of allylic oxidation sites excluding steroid dienone is 1. The zero-order chi connectivity index (χ0) is 21.5. The minimum absolute atomic E-state index is 0.0107. The minimum atomic E-state index is -4.65. The Morgan fingerprint density at radius 2 is 1.97 bits per heavy atom. The molecule has 3 heterocycles. The van der Waals surface area contributed by atoms with Gasteiger partial charge in [0.15, 0.2) is 5.78 Å². The second kappa shape index (κ2) is 7.86. The van der Waals surface area contributed by atoms with Crippen LogP contribution in [-0.2, 0) is 30.4 Å². The van der Waals surface area contributed by atoms with E-state index in [0.717, 1.165) is 18.0 Å². The normalized spacial score (nSPS) is 17.4. The first kappa shape index (κ1) is 20.6. The molecule has 1 aromatic carbocycles. The summed E-state index contributed by atoms with van der Waals surface area (Å²) in [7, 11) is 0. The van der Waals surface area contributed by atoms with Gasteiger partial charge in [-0.1, -0.05) is 17.7 Å². The number of aromatic nitrogens is 2. The number of ketones is 1. The molecule has 0 bridgehead atoms. The van der Waals surface area contributed by atoms with Crippen LogP contribution in [0.1, 0.15) is 22.6 Å². The highest BCUT2D eigenvalue weighted by atomic mass is 35.5. The van der Waals surface area contributed by atoms with Gasteiger partial charge in [-0.25, -0.2) is 9.37 Å². The zero-order valence-corrected chi connectivity index (χ0v) is 16.5. The number of Topliss-reactive ketones (excluding diaryl/α,β-unsaturated/α-hetero) is 1. The lowest BCUT2D eigenvalue weighted by atomic mass is 10.0. The third-order valence-electron chi connectivity index (χ3n) is 5.23. The SMILES string of the molecule is O=C1CN=CC(N2CCc3ncc(Cc4ccc(F)cc4C(F)(F)F)n3CC2)=C1Cl. The van der Waals surface area contributed by atoms with E-state index in [1.807, 2.05) is 9.47 Å². The number of hydrogen-bond donors (Lipinski definition) is 0. The highest BCUT2D eigenvalue weighted by molar-refractivity contribution is 6.44. The number of alkyl halides is 3. The summed E-state index contributed by atoms with van der Waals surface area (Å²) in [5.74, 6) is -0.436. The lowest BCUT2D eigenvalue weighted by molar-refractivity contribution is -0.138. The van der Waals surface area contributed by atoms with Crippen molar-refractivity contribution in [3.8, 4) is 0 Å². The maximum atomic E-state index is 13.4. The second-order valence-electron chi connectivity index (χ2n) is 7.12. The van der Waals surface area contributed by atoms with Gasteiger partial charge in [0.1, 0.15) is 23.2 Å². The summed E-state index contributed by atoms with van der Waals surface area (Å²) in [6, 6.07) is 2.71. The van der Waals surface area contributed by atoms with Gasteiger partial charge in [-0.15, -0.1) is 0 Å². The molecule has 0 fully saturated rings. The van der Waals surface area contributed by atoms with Crippen molar-refractivity contribution in [3.63, 3.8) is 0 Å². The Labute approximate surface area is 174 Å². The number of hydrogen-bond acceptors (Lipinski definition) is 4. The van der Waals surface area contributed by atoms with Gasteiger partial charge in [-0.2, -0.15) is 13.2 Å². The van der Waals surface area contributed by atoms with Gasteiger partial charge in [-0.05, 0) is 17.7 Å². The molecule has 30 heavy (non-hydrogen) atoms. The highest BCUT2D eigenvalue weighted by Gasteiger charge is 2.34. The van der Waals surface area contributed by atoms with Crippen LogP contribution in [-0.4, -0.2) is 46.1 Å². The smallest absolute Gasteiger partial charge is 0.367 e. The fraction of sp³-hybridized carbons (Fsp3) is 0.350. The van der Waals surface area contributed by atoms with Gasteiger partial charge in [0.05, 0.1) is 11.3 Å². The third-order valence-corrected chi connectivity index (χ3v) is 5.63. The van der Waals surface area contributed by atoms with Crippen LogP contribution < -0.4 is 0 Å². The van der Waals surface area contributed by atoms with E-state index >= 15 is 0 Å². The average Bonchev–Trinajstić information content (AvgIpc) is 2.94. The number of nitrogens with zero attached hydrogens (tertiary/aromatic N) is 4. The van der Waals surface area contributed by atoms with Crippen molar-refractivity contribution in [1.82, 2.24) is 14.5 Å². The summed E-state index contributed by atoms with van der Waals surface area (Å²) in [6.45, 7) is 1.53. The van der Waals surface area contributed by atoms with Gasteiger partial charge < -0.3 is 9.47 Å². The molecule has 10 heteroatoms. The minimum Gasteiger partial charge on any atom is -0.367 e. The molecule has 0 atom stereocenters. The number of rotatable bonds is 3. The van der Waals surface area contributed by atoms with Crippen LogP contribution in [0.2, 0.25) is 0 Å². The topological polar surface area (TPSA) is 50.5 Å². The Morgan fingerprint density at radius 3 is 2.73 bits per heavy atom. The molecule has 1 aromatic heterocycles. The van der Waals surface area contributed by atoms with Crippen LogP contribution >= 0.6 is 11.6 Å². The van der Waals surface area contributed by atoms with Crippen molar-refractivity contribution in [2.75, 3.05) is 19.6 Å². The number of fused-ring (bicyclic) bond motifs is 1. The monoisotopic (exact) mass is 440 g/mol. The molecular weight excluding hydrogens is 424 g/mol. The lowest BCUT2D eigenvalue weighted by Crippen LogP contribution is -2.31. The summed E-state index contributed by atoms with van der Waals surface area (Å²) in [5, 5.41) is 0.144. The van der Waals surface area contributed by atoms with E-state index in [9.17, 15) is 22.4 Å². The highest BCUT2D eigenvalue weighted by Crippen LogP contribution is 2.34. The van der Waals surface area contributed by atoms with E-state index in [2.05, 4.69) is 9.98 Å². The van der Waals surface area contributed by atoms with Gasteiger partial charge in [0.2, 0.25) is 0 Å². The third kappa shape index (κ3) is 3.98. The van der Waals surface area contributed by atoms with E-state index in [0.29, 0.717) is 43.5 Å². The molecule has 4 rings (SSSR count). The molecule has 0 unspecified atom stereocenters. The van der Waals surface area contributed by atoms with Crippen molar-refractivity contribution < 1.29 is 22.4 Å². The van der Waals surface area contributed by atoms with Crippen molar-refractivity contribution in [2.24, 2.45) is 4.99 Å². The number of dihydropyridines is 1. The Hall–Kier alpha value is -2.68. The van der Waals surface area contributed by atoms with Crippen LogP contribution in [0, 0.1) is 5.82 Å². The number of aliphatic imine (C=N–C) groups is 1. The molecule has 0 saturated heterocycles. The molecule has 158 valence electrons. The number of halogens is 5. The first-order valence-corrected chi connectivity index (χ1v) is 9.68. The average molecular weight is 441 g/mol. The Bertz CT molecular complexity index is 1060. The summed E-state index contributed by atoms with van der Waals surface area (Å²) >= 11 is 6.15. The van der Waals surface area contributed by atoms with E-state index < -0.39 is 17.6 Å². The van der Waals surface area contributed by atoms with Crippen molar-refractivity contribution in [2.45, 2.75) is 25.6 Å². The predicted octanol–water partition coefficient (Wildman–Crippen LogP) is 3.59. The molecule has 0 radical (unpaired) electrons. The number of carbonyl (C=O) groups excluding carboxylic acids is 1. The first-order valence-electron chi connectivity index (χ1n) is 9.30. The molecule has 0 saturated carbocycles. The van der Waals surface area contributed by atoms with E-state index in [-0.39, 0.29) is 29.3 Å². The number of carbonyl (C=O) groups is 1. The zero-order valence-electron chi connectivity index (χ0n) is 15.7. The maximum Gasteiger partial charge on any atom is 0.416 e. The molecule has 2 aliphatic rings.